The molecule has 0 unspecified atom stereocenters. The number of aryl methyl sites for hydroxylation is 3. The van der Waals surface area contributed by atoms with Gasteiger partial charge in [0.15, 0.2) is 0 Å². The van der Waals surface area contributed by atoms with E-state index in [-0.39, 0.29) is 60.3 Å². The molecule has 0 aliphatic heterocycles. The summed E-state index contributed by atoms with van der Waals surface area (Å²) in [4.78, 5) is 13.6. The van der Waals surface area contributed by atoms with Crippen molar-refractivity contribution in [3.05, 3.63) is 369 Å². The average molecular weight is 1790 g/mol. The standard InChI is InChI=1S/2C36H25N2.C18H14N.3Ir/c1-25-15-18-34(37-24-25)30-13-8-14-31(21-30)38-35-19-16-28(26-9-4-2-5-10-26)22-32(35)33-23-29(17-20-36(33)38)27-11-6-3-7-12-27;1-25-12-19-34(37-24-25)28-13-17-31(18-14-28)38-35-20-15-29(26-8-4-2-5-9-26)22-32(35)33-23-30(16-21-36(33)38)27-10-6-3-7-11-27;1-14-10-11-19-18(12-14)17-9-5-8-16(13-17)15-6-3-2-4-7-15;;;/h2-12,14-24H,1H3;2-13,15-24H,1H3;2-8,10-13H,1H3;;;/q3*-1;;;. The molecule has 0 amide bonds. The Bertz CT molecular complexity index is 5330. The normalized spacial score (nSPS) is 10.8. The van der Waals surface area contributed by atoms with Crippen LogP contribution in [0.2, 0.25) is 0 Å². The first-order chi connectivity index (χ1) is 46.8. The number of benzene rings is 12. The number of aromatic nitrogens is 5. The Morgan fingerprint density at radius 3 is 1.01 bits per heavy atom. The number of fused-ring (bicyclic) bond motifs is 6. The Morgan fingerprint density at radius 2 is 0.633 bits per heavy atom. The van der Waals surface area contributed by atoms with Crippen molar-refractivity contribution in [3.8, 4) is 101 Å². The van der Waals surface area contributed by atoms with Crippen molar-refractivity contribution >= 4 is 43.6 Å². The van der Waals surface area contributed by atoms with Gasteiger partial charge in [-0.15, -0.1) is 95.1 Å². The van der Waals surface area contributed by atoms with E-state index in [4.69, 9.17) is 0 Å². The summed E-state index contributed by atoms with van der Waals surface area (Å²) in [6.07, 6.45) is 5.65. The third-order valence-corrected chi connectivity index (χ3v) is 17.5. The van der Waals surface area contributed by atoms with Gasteiger partial charge in [-0.1, -0.05) is 212 Å². The predicted octanol–water partition coefficient (Wildman–Crippen LogP) is 23.1. The van der Waals surface area contributed by atoms with Gasteiger partial charge in [-0.25, -0.2) is 0 Å². The molecule has 0 saturated heterocycles. The van der Waals surface area contributed by atoms with E-state index in [1.54, 1.807) is 0 Å². The minimum Gasteiger partial charge on any atom is -0.351 e. The molecule has 5 aromatic heterocycles. The molecule has 0 saturated carbocycles. The van der Waals surface area contributed by atoms with Crippen LogP contribution in [0, 0.1) is 39.0 Å². The third kappa shape index (κ3) is 14.5. The maximum Gasteiger partial charge on any atom is 0.0524 e. The molecule has 0 spiro atoms. The fraction of sp³-hybridized carbons (Fsp3) is 0.0333. The zero-order valence-electron chi connectivity index (χ0n) is 54.0. The van der Waals surface area contributed by atoms with Crippen molar-refractivity contribution < 1.29 is 60.3 Å². The van der Waals surface area contributed by atoms with Crippen LogP contribution in [0.3, 0.4) is 0 Å². The summed E-state index contributed by atoms with van der Waals surface area (Å²) < 4.78 is 4.71. The second-order valence-electron chi connectivity index (χ2n) is 24.0. The van der Waals surface area contributed by atoms with Gasteiger partial charge in [0.2, 0.25) is 0 Å². The predicted molar refractivity (Wildman–Crippen MR) is 396 cm³/mol. The van der Waals surface area contributed by atoms with Gasteiger partial charge in [-0.05, 0) is 165 Å². The Kier molecular flexibility index (Phi) is 21.2. The molecule has 0 bridgehead atoms. The van der Waals surface area contributed by atoms with Crippen molar-refractivity contribution in [1.29, 1.82) is 0 Å². The maximum atomic E-state index is 4.65. The van der Waals surface area contributed by atoms with E-state index in [9.17, 15) is 0 Å². The van der Waals surface area contributed by atoms with Crippen molar-refractivity contribution in [2.75, 3.05) is 0 Å². The monoisotopic (exact) mass is 1790 g/mol. The smallest absolute Gasteiger partial charge is 0.0524 e. The van der Waals surface area contributed by atoms with Crippen molar-refractivity contribution in [1.82, 2.24) is 24.1 Å². The van der Waals surface area contributed by atoms with Gasteiger partial charge in [-0.3, -0.25) is 0 Å². The zero-order chi connectivity index (χ0) is 64.0. The van der Waals surface area contributed by atoms with E-state index in [0.717, 1.165) is 56.3 Å². The van der Waals surface area contributed by atoms with Crippen LogP contribution in [0.5, 0.6) is 0 Å². The van der Waals surface area contributed by atoms with Gasteiger partial charge >= 0.3 is 0 Å². The Balaban J connectivity index is 0.000000145. The van der Waals surface area contributed by atoms with E-state index in [1.165, 1.54) is 105 Å². The van der Waals surface area contributed by atoms with Gasteiger partial charge < -0.3 is 24.1 Å². The molecule has 8 heteroatoms. The molecule has 3 radical (unpaired) electrons. The first-order valence-corrected chi connectivity index (χ1v) is 32.1. The summed E-state index contributed by atoms with van der Waals surface area (Å²) in [7, 11) is 0. The van der Waals surface area contributed by atoms with Crippen LogP contribution in [0.4, 0.5) is 0 Å². The second-order valence-corrected chi connectivity index (χ2v) is 24.0. The van der Waals surface area contributed by atoms with Crippen LogP contribution in [0.25, 0.3) is 144 Å². The number of rotatable bonds is 10. The zero-order valence-corrected chi connectivity index (χ0v) is 61.2. The molecule has 98 heavy (non-hydrogen) atoms. The minimum absolute atomic E-state index is 0. The molecule has 0 aliphatic rings. The average Bonchev–Trinajstić information content (AvgIpc) is 1.59. The molecule has 5 heterocycles. The van der Waals surface area contributed by atoms with Crippen LogP contribution >= 0.6 is 0 Å². The quantitative estimate of drug-likeness (QED) is 0.128. The molecule has 0 N–H and O–H groups in total. The number of nitrogens with zero attached hydrogens (tertiary/aromatic N) is 5. The molecule has 0 fully saturated rings. The minimum atomic E-state index is 0. The van der Waals surface area contributed by atoms with Crippen LogP contribution in [-0.2, 0) is 60.3 Å². The first-order valence-electron chi connectivity index (χ1n) is 32.1. The first kappa shape index (κ1) is 67.6. The fourth-order valence-corrected chi connectivity index (χ4v) is 12.7. The summed E-state index contributed by atoms with van der Waals surface area (Å²) in [6.45, 7) is 6.19. The third-order valence-electron chi connectivity index (χ3n) is 17.5. The van der Waals surface area contributed by atoms with Gasteiger partial charge in [-0.2, -0.15) is 0 Å². The molecule has 0 aliphatic carbocycles. The van der Waals surface area contributed by atoms with Crippen LogP contribution in [0.15, 0.2) is 334 Å². The summed E-state index contributed by atoms with van der Waals surface area (Å²) in [5, 5.41) is 4.95. The van der Waals surface area contributed by atoms with Crippen LogP contribution < -0.4 is 0 Å². The van der Waals surface area contributed by atoms with Gasteiger partial charge in [0.25, 0.3) is 0 Å². The second kappa shape index (κ2) is 30.8. The van der Waals surface area contributed by atoms with Crippen LogP contribution in [-0.4, -0.2) is 24.1 Å². The van der Waals surface area contributed by atoms with Crippen molar-refractivity contribution in [2.45, 2.75) is 20.8 Å². The Hall–Kier alpha value is -10.4. The van der Waals surface area contributed by atoms with E-state index >= 15 is 0 Å². The topological polar surface area (TPSA) is 48.5 Å². The van der Waals surface area contributed by atoms with Gasteiger partial charge in [0.05, 0.1) is 11.0 Å². The molecule has 12 aromatic carbocycles. The van der Waals surface area contributed by atoms with Crippen molar-refractivity contribution in [2.24, 2.45) is 0 Å². The Morgan fingerprint density at radius 1 is 0.255 bits per heavy atom. The van der Waals surface area contributed by atoms with E-state index in [1.807, 2.05) is 42.9 Å². The molecule has 5 nitrogen and oxygen atoms in total. The van der Waals surface area contributed by atoms with E-state index in [2.05, 4.69) is 354 Å². The van der Waals surface area contributed by atoms with Gasteiger partial charge in [0, 0.05) is 111 Å². The summed E-state index contributed by atoms with van der Waals surface area (Å²) in [5.74, 6) is 0. The summed E-state index contributed by atoms with van der Waals surface area (Å²) in [5.41, 5.74) is 28.4. The van der Waals surface area contributed by atoms with Crippen LogP contribution in [0.1, 0.15) is 16.7 Å². The molecular formula is C90H64Ir3N5-3. The SMILES string of the molecule is Cc1ccc(-c2[c-]cc(-n3c4ccc(-c5ccccc5)cc4c4cc(-c5ccccc5)ccc43)cc2)nc1.Cc1ccc(-c2[c-]ccc(-n3c4ccc(-c5ccccc5)cc4c4cc(-c5ccccc5)ccc43)c2)nc1.Cc1ccnc(-c2[c-]ccc(-c3ccccc3)c2)c1.[Ir].[Ir].[Ir]. The number of hydrogen-bond acceptors (Lipinski definition) is 3. The summed E-state index contributed by atoms with van der Waals surface area (Å²) in [6, 6.07) is 121. The molecular weight excluding hydrogens is 1730 g/mol. The molecule has 17 aromatic rings. The molecule has 479 valence electrons. The number of hydrogen-bond donors (Lipinski definition) is 0. The molecule has 0 atom stereocenters. The fourth-order valence-electron chi connectivity index (χ4n) is 12.7. The van der Waals surface area contributed by atoms with Crippen molar-refractivity contribution in [3.63, 3.8) is 0 Å². The molecule has 17 rings (SSSR count). The Labute approximate surface area is 613 Å². The van der Waals surface area contributed by atoms with E-state index < -0.39 is 0 Å². The maximum absolute atomic E-state index is 4.65. The largest absolute Gasteiger partial charge is 0.351 e. The number of pyridine rings is 3. The summed E-state index contributed by atoms with van der Waals surface area (Å²) >= 11 is 0. The van der Waals surface area contributed by atoms with Gasteiger partial charge in [0.1, 0.15) is 0 Å². The van der Waals surface area contributed by atoms with E-state index in [0.29, 0.717) is 0 Å².